The third kappa shape index (κ3) is 2.76. The molecule has 1 N–H and O–H groups in total. The zero-order valence-corrected chi connectivity index (χ0v) is 15.4. The third-order valence-electron chi connectivity index (χ3n) is 4.92. The molecule has 3 heterocycles. The van der Waals surface area contributed by atoms with Gasteiger partial charge < -0.3 is 14.8 Å². The molecular formula is C20H19FN4S. The lowest BCUT2D eigenvalue weighted by atomic mass is 10.0. The van der Waals surface area contributed by atoms with E-state index in [-0.39, 0.29) is 17.9 Å². The lowest BCUT2D eigenvalue weighted by Gasteiger charge is -2.28. The van der Waals surface area contributed by atoms with Crippen molar-refractivity contribution < 1.29 is 4.39 Å². The van der Waals surface area contributed by atoms with Gasteiger partial charge in [0.05, 0.1) is 11.7 Å². The van der Waals surface area contributed by atoms with Gasteiger partial charge in [0, 0.05) is 30.3 Å². The van der Waals surface area contributed by atoms with Crippen LogP contribution >= 0.6 is 12.2 Å². The topological polar surface area (TPSA) is 33.1 Å². The van der Waals surface area contributed by atoms with Crippen molar-refractivity contribution in [3.8, 4) is 0 Å². The number of aromatic nitrogens is 2. The van der Waals surface area contributed by atoms with Crippen molar-refractivity contribution >= 4 is 23.0 Å². The molecule has 4 nitrogen and oxygen atoms in total. The number of anilines is 1. The first-order valence-corrected chi connectivity index (χ1v) is 8.85. The molecule has 1 aliphatic heterocycles. The van der Waals surface area contributed by atoms with Gasteiger partial charge in [0.15, 0.2) is 5.11 Å². The predicted molar refractivity (Wildman–Crippen MR) is 104 cm³/mol. The average molecular weight is 366 g/mol. The zero-order valence-electron chi connectivity index (χ0n) is 14.6. The Balaban J connectivity index is 1.85. The van der Waals surface area contributed by atoms with Crippen LogP contribution in [0.15, 0.2) is 60.8 Å². The molecule has 2 atom stereocenters. The van der Waals surface area contributed by atoms with Crippen LogP contribution in [0.1, 0.15) is 29.2 Å². The van der Waals surface area contributed by atoms with Crippen LogP contribution in [0.25, 0.3) is 0 Å². The molecular weight excluding hydrogens is 347 g/mol. The summed E-state index contributed by atoms with van der Waals surface area (Å²) in [5.41, 5.74) is 4.06. The molecule has 26 heavy (non-hydrogen) atoms. The Labute approximate surface area is 157 Å². The van der Waals surface area contributed by atoms with Crippen LogP contribution in [0.5, 0.6) is 0 Å². The van der Waals surface area contributed by atoms with E-state index in [4.69, 9.17) is 12.2 Å². The van der Waals surface area contributed by atoms with E-state index in [1.165, 1.54) is 12.1 Å². The molecule has 0 saturated carbocycles. The van der Waals surface area contributed by atoms with Crippen LogP contribution in [0.4, 0.5) is 10.1 Å². The maximum atomic E-state index is 13.4. The minimum Gasteiger partial charge on any atom is -0.351 e. The maximum absolute atomic E-state index is 13.4. The van der Waals surface area contributed by atoms with Crippen LogP contribution in [-0.2, 0) is 7.05 Å². The number of benzene rings is 1. The van der Waals surface area contributed by atoms with E-state index in [9.17, 15) is 4.39 Å². The van der Waals surface area contributed by atoms with Crippen molar-refractivity contribution in [3.63, 3.8) is 0 Å². The predicted octanol–water partition coefficient (Wildman–Crippen LogP) is 4.04. The maximum Gasteiger partial charge on any atom is 0.174 e. The van der Waals surface area contributed by atoms with E-state index in [2.05, 4.69) is 33.9 Å². The number of hydrogen-bond donors (Lipinski definition) is 1. The molecule has 2 unspecified atom stereocenters. The largest absolute Gasteiger partial charge is 0.351 e. The smallest absolute Gasteiger partial charge is 0.174 e. The number of thiocarbonyl (C=S) groups is 1. The van der Waals surface area contributed by atoms with Crippen LogP contribution in [0.2, 0.25) is 0 Å². The normalized spacial score (nSPS) is 19.7. The zero-order chi connectivity index (χ0) is 18.3. The number of rotatable bonds is 3. The first-order valence-electron chi connectivity index (χ1n) is 8.44. The van der Waals surface area contributed by atoms with Crippen LogP contribution in [-0.4, -0.2) is 14.7 Å². The number of aryl methyl sites for hydroxylation is 1. The third-order valence-corrected chi connectivity index (χ3v) is 5.23. The molecule has 2 aromatic heterocycles. The second kappa shape index (κ2) is 6.53. The standard InChI is InChI=1S/C20H19FN4S/c1-13-6-11-17(24(13)2)19-18(16-5-3-4-12-22-16)23-20(26)25(19)15-9-7-14(21)8-10-15/h3-12,18-19H,1-2H3,(H,23,26). The summed E-state index contributed by atoms with van der Waals surface area (Å²) in [5, 5.41) is 4.01. The molecule has 1 aromatic carbocycles. The second-order valence-electron chi connectivity index (χ2n) is 6.43. The molecule has 0 spiro atoms. The minimum absolute atomic E-state index is 0.0819. The van der Waals surface area contributed by atoms with Crippen molar-refractivity contribution in [2.45, 2.75) is 19.0 Å². The summed E-state index contributed by atoms with van der Waals surface area (Å²) in [7, 11) is 2.05. The van der Waals surface area contributed by atoms with Gasteiger partial charge >= 0.3 is 0 Å². The molecule has 1 saturated heterocycles. The quantitative estimate of drug-likeness (QED) is 0.709. The Morgan fingerprint density at radius 2 is 1.85 bits per heavy atom. The minimum atomic E-state index is -0.264. The summed E-state index contributed by atoms with van der Waals surface area (Å²) in [6, 6.07) is 16.3. The van der Waals surface area contributed by atoms with Gasteiger partial charge in [-0.15, -0.1) is 0 Å². The fourth-order valence-corrected chi connectivity index (χ4v) is 3.81. The highest BCUT2D eigenvalue weighted by molar-refractivity contribution is 7.80. The summed E-state index contributed by atoms with van der Waals surface area (Å²) in [5.74, 6) is -0.264. The van der Waals surface area contributed by atoms with E-state index in [1.807, 2.05) is 30.1 Å². The first-order chi connectivity index (χ1) is 12.6. The van der Waals surface area contributed by atoms with Crippen molar-refractivity contribution in [1.29, 1.82) is 0 Å². The fourth-order valence-electron chi connectivity index (χ4n) is 3.47. The summed E-state index contributed by atoms with van der Waals surface area (Å²) >= 11 is 5.64. The number of hydrogen-bond acceptors (Lipinski definition) is 2. The van der Waals surface area contributed by atoms with Gasteiger partial charge in [0.1, 0.15) is 11.9 Å². The highest BCUT2D eigenvalue weighted by Crippen LogP contribution is 2.41. The SMILES string of the molecule is Cc1ccc(C2C(c3ccccn3)NC(=S)N2c2ccc(F)cc2)n1C. The van der Waals surface area contributed by atoms with Gasteiger partial charge in [-0.05, 0) is 67.7 Å². The van der Waals surface area contributed by atoms with Gasteiger partial charge in [-0.25, -0.2) is 4.39 Å². The van der Waals surface area contributed by atoms with Crippen molar-refractivity contribution in [3.05, 3.63) is 83.7 Å². The van der Waals surface area contributed by atoms with E-state index < -0.39 is 0 Å². The number of nitrogens with zero attached hydrogens (tertiary/aromatic N) is 3. The molecule has 132 valence electrons. The second-order valence-corrected chi connectivity index (χ2v) is 6.82. The monoisotopic (exact) mass is 366 g/mol. The molecule has 1 aliphatic rings. The molecule has 0 radical (unpaired) electrons. The van der Waals surface area contributed by atoms with Crippen molar-refractivity contribution in [2.75, 3.05) is 4.90 Å². The first kappa shape index (κ1) is 16.7. The molecule has 0 amide bonds. The highest BCUT2D eigenvalue weighted by atomic mass is 32.1. The molecule has 0 bridgehead atoms. The fraction of sp³-hybridized carbons (Fsp3) is 0.200. The van der Waals surface area contributed by atoms with Crippen molar-refractivity contribution in [1.82, 2.24) is 14.9 Å². The summed E-state index contributed by atoms with van der Waals surface area (Å²) in [4.78, 5) is 6.58. The van der Waals surface area contributed by atoms with Gasteiger partial charge in [-0.1, -0.05) is 6.07 Å². The highest BCUT2D eigenvalue weighted by Gasteiger charge is 2.41. The lowest BCUT2D eigenvalue weighted by molar-refractivity contribution is 0.538. The molecule has 3 aromatic rings. The van der Waals surface area contributed by atoms with E-state index in [0.29, 0.717) is 5.11 Å². The molecule has 0 aliphatic carbocycles. The lowest BCUT2D eigenvalue weighted by Crippen LogP contribution is -2.30. The Bertz CT molecular complexity index is 936. The Morgan fingerprint density at radius 1 is 1.08 bits per heavy atom. The summed E-state index contributed by atoms with van der Waals surface area (Å²) in [6.07, 6.45) is 1.79. The molecule has 4 rings (SSSR count). The molecule has 6 heteroatoms. The number of halogens is 1. The Hall–Kier alpha value is -2.73. The van der Waals surface area contributed by atoms with Gasteiger partial charge in [0.25, 0.3) is 0 Å². The Morgan fingerprint density at radius 3 is 2.46 bits per heavy atom. The van der Waals surface area contributed by atoms with Crippen LogP contribution in [0, 0.1) is 12.7 Å². The van der Waals surface area contributed by atoms with Crippen molar-refractivity contribution in [2.24, 2.45) is 7.05 Å². The van der Waals surface area contributed by atoms with Gasteiger partial charge in [0.2, 0.25) is 0 Å². The Kier molecular flexibility index (Phi) is 4.20. The van der Waals surface area contributed by atoms with Gasteiger partial charge in [-0.3, -0.25) is 4.98 Å². The van der Waals surface area contributed by atoms with E-state index in [1.54, 1.807) is 18.3 Å². The average Bonchev–Trinajstić information content (AvgIpc) is 3.16. The number of nitrogens with one attached hydrogen (secondary N) is 1. The van der Waals surface area contributed by atoms with Crippen LogP contribution < -0.4 is 10.2 Å². The van der Waals surface area contributed by atoms with E-state index >= 15 is 0 Å². The van der Waals surface area contributed by atoms with Crippen LogP contribution in [0.3, 0.4) is 0 Å². The van der Waals surface area contributed by atoms with E-state index in [0.717, 1.165) is 22.8 Å². The summed E-state index contributed by atoms with van der Waals surface area (Å²) < 4.78 is 15.6. The van der Waals surface area contributed by atoms with Gasteiger partial charge in [-0.2, -0.15) is 0 Å². The summed E-state index contributed by atoms with van der Waals surface area (Å²) in [6.45, 7) is 2.07. The molecule has 1 fully saturated rings. The number of pyridine rings is 1.